The molecule has 2 atom stereocenters. The number of rotatable bonds is 5. The Labute approximate surface area is 132 Å². The van der Waals surface area contributed by atoms with Crippen molar-refractivity contribution in [3.63, 3.8) is 0 Å². The van der Waals surface area contributed by atoms with Crippen LogP contribution in [0, 0.1) is 5.41 Å². The van der Waals surface area contributed by atoms with Gasteiger partial charge >= 0.3 is 0 Å². The zero-order valence-corrected chi connectivity index (χ0v) is 14.5. The van der Waals surface area contributed by atoms with Gasteiger partial charge in [0, 0.05) is 23.4 Å². The molecule has 118 valence electrons. The second kappa shape index (κ2) is 6.93. The van der Waals surface area contributed by atoms with Gasteiger partial charge in [0.05, 0.1) is 14.2 Å². The van der Waals surface area contributed by atoms with E-state index < -0.39 is 0 Å². The number of hydrogen-bond donors (Lipinski definition) is 1. The molecule has 0 aromatic heterocycles. The van der Waals surface area contributed by atoms with Crippen LogP contribution < -0.4 is 14.8 Å². The van der Waals surface area contributed by atoms with Gasteiger partial charge < -0.3 is 14.8 Å². The minimum absolute atomic E-state index is 0.245. The molecule has 4 heteroatoms. The summed E-state index contributed by atoms with van der Waals surface area (Å²) in [6.07, 6.45) is 1.22. The fourth-order valence-electron chi connectivity index (χ4n) is 2.99. The van der Waals surface area contributed by atoms with Crippen LogP contribution in [0.1, 0.15) is 38.8 Å². The van der Waals surface area contributed by atoms with Gasteiger partial charge in [-0.2, -0.15) is 11.8 Å². The van der Waals surface area contributed by atoms with Gasteiger partial charge in [-0.15, -0.1) is 0 Å². The largest absolute Gasteiger partial charge is 0.497 e. The molecular weight excluding hydrogens is 282 g/mol. The van der Waals surface area contributed by atoms with E-state index in [2.05, 4.69) is 32.2 Å². The molecule has 1 heterocycles. The number of benzene rings is 1. The molecular formula is C17H27NO2S. The summed E-state index contributed by atoms with van der Waals surface area (Å²) < 4.78 is 10.8. The quantitative estimate of drug-likeness (QED) is 0.894. The molecule has 2 unspecified atom stereocenters. The highest BCUT2D eigenvalue weighted by Crippen LogP contribution is 2.35. The minimum atomic E-state index is 0.245. The molecule has 0 saturated carbocycles. The van der Waals surface area contributed by atoms with Crippen molar-refractivity contribution in [1.82, 2.24) is 5.32 Å². The van der Waals surface area contributed by atoms with Crippen LogP contribution in [-0.2, 0) is 0 Å². The molecule has 0 radical (unpaired) electrons. The lowest BCUT2D eigenvalue weighted by atomic mass is 9.87. The fourth-order valence-corrected chi connectivity index (χ4v) is 4.28. The third kappa shape index (κ3) is 4.30. The fraction of sp³-hybridized carbons (Fsp3) is 0.647. The van der Waals surface area contributed by atoms with Crippen LogP contribution in [0.3, 0.4) is 0 Å². The van der Waals surface area contributed by atoms with Gasteiger partial charge in [0.2, 0.25) is 0 Å². The Morgan fingerprint density at radius 1 is 1.29 bits per heavy atom. The van der Waals surface area contributed by atoms with Crippen LogP contribution in [0.2, 0.25) is 0 Å². The monoisotopic (exact) mass is 309 g/mol. The van der Waals surface area contributed by atoms with Gasteiger partial charge in [-0.25, -0.2) is 0 Å². The average molecular weight is 309 g/mol. The van der Waals surface area contributed by atoms with Crippen molar-refractivity contribution in [3.8, 4) is 11.5 Å². The molecule has 1 saturated heterocycles. The normalized spacial score (nSPS) is 22.6. The molecule has 1 fully saturated rings. The Bertz CT molecular complexity index is 476. The average Bonchev–Trinajstić information content (AvgIpc) is 2.45. The number of hydrogen-bond acceptors (Lipinski definition) is 4. The first-order chi connectivity index (χ1) is 9.95. The van der Waals surface area contributed by atoms with E-state index in [0.29, 0.717) is 11.5 Å². The van der Waals surface area contributed by atoms with Crippen molar-refractivity contribution in [2.24, 2.45) is 5.41 Å². The summed E-state index contributed by atoms with van der Waals surface area (Å²) in [5, 5.41) is 3.76. The van der Waals surface area contributed by atoms with E-state index in [-0.39, 0.29) is 6.04 Å². The molecule has 0 aliphatic carbocycles. The highest BCUT2D eigenvalue weighted by molar-refractivity contribution is 7.99. The van der Waals surface area contributed by atoms with Crippen LogP contribution in [0.5, 0.6) is 11.5 Å². The Morgan fingerprint density at radius 2 is 2.05 bits per heavy atom. The third-order valence-electron chi connectivity index (χ3n) is 4.00. The van der Waals surface area contributed by atoms with E-state index in [1.165, 1.54) is 17.9 Å². The molecule has 1 aromatic rings. The summed E-state index contributed by atoms with van der Waals surface area (Å²) in [7, 11) is 3.42. The van der Waals surface area contributed by atoms with Crippen LogP contribution in [0.4, 0.5) is 0 Å². The summed E-state index contributed by atoms with van der Waals surface area (Å²) in [6.45, 7) is 6.90. The zero-order valence-electron chi connectivity index (χ0n) is 13.7. The first-order valence-corrected chi connectivity index (χ1v) is 8.66. The maximum atomic E-state index is 5.50. The summed E-state index contributed by atoms with van der Waals surface area (Å²) >= 11 is 2.05. The molecule has 0 spiro atoms. The van der Waals surface area contributed by atoms with E-state index in [1.807, 2.05) is 23.9 Å². The van der Waals surface area contributed by atoms with Crippen molar-refractivity contribution >= 4 is 11.8 Å². The molecule has 1 aromatic carbocycles. The van der Waals surface area contributed by atoms with E-state index in [1.54, 1.807) is 14.2 Å². The Kier molecular flexibility index (Phi) is 5.44. The second-order valence-corrected chi connectivity index (χ2v) is 7.61. The van der Waals surface area contributed by atoms with Crippen molar-refractivity contribution in [2.75, 3.05) is 25.7 Å². The van der Waals surface area contributed by atoms with Crippen LogP contribution in [0.25, 0.3) is 0 Å². The smallest absolute Gasteiger partial charge is 0.123 e. The molecule has 1 N–H and O–H groups in total. The second-order valence-electron chi connectivity index (χ2n) is 6.58. The summed E-state index contributed by atoms with van der Waals surface area (Å²) in [4.78, 5) is 0. The minimum Gasteiger partial charge on any atom is -0.497 e. The Morgan fingerprint density at radius 3 is 2.67 bits per heavy atom. The summed E-state index contributed by atoms with van der Waals surface area (Å²) in [5.41, 5.74) is 1.57. The first-order valence-electron chi connectivity index (χ1n) is 7.51. The molecule has 2 rings (SSSR count). The van der Waals surface area contributed by atoms with Crippen LogP contribution >= 0.6 is 11.8 Å². The molecule has 3 nitrogen and oxygen atoms in total. The number of ether oxygens (including phenoxy) is 2. The standard InChI is InChI=1S/C17H27NO2S/c1-12(18-13-9-17(2,3)11-21-10-13)15-8-14(19-4)6-7-16(15)20-5/h6-8,12-13,18H,9-11H2,1-5H3. The summed E-state index contributed by atoms with van der Waals surface area (Å²) in [6, 6.07) is 6.78. The highest BCUT2D eigenvalue weighted by Gasteiger charge is 2.29. The number of methoxy groups -OCH3 is 2. The van der Waals surface area contributed by atoms with Gasteiger partial charge in [-0.3, -0.25) is 0 Å². The van der Waals surface area contributed by atoms with E-state index in [9.17, 15) is 0 Å². The highest BCUT2D eigenvalue weighted by atomic mass is 32.2. The molecule has 1 aliphatic heterocycles. The van der Waals surface area contributed by atoms with Gasteiger partial charge in [-0.05, 0) is 42.7 Å². The Hall–Kier alpha value is -0.870. The van der Waals surface area contributed by atoms with Gasteiger partial charge in [0.1, 0.15) is 11.5 Å². The van der Waals surface area contributed by atoms with E-state index in [0.717, 1.165) is 17.1 Å². The summed E-state index contributed by atoms with van der Waals surface area (Å²) in [5.74, 6) is 4.22. The lowest BCUT2D eigenvalue weighted by Gasteiger charge is -2.36. The predicted octanol–water partition coefficient (Wildman–Crippen LogP) is 3.89. The van der Waals surface area contributed by atoms with Gasteiger partial charge in [0.15, 0.2) is 0 Å². The van der Waals surface area contributed by atoms with Gasteiger partial charge in [0.25, 0.3) is 0 Å². The lowest BCUT2D eigenvalue weighted by molar-refractivity contribution is 0.302. The molecule has 21 heavy (non-hydrogen) atoms. The van der Waals surface area contributed by atoms with E-state index in [4.69, 9.17) is 9.47 Å². The maximum Gasteiger partial charge on any atom is 0.123 e. The number of thioether (sulfide) groups is 1. The topological polar surface area (TPSA) is 30.5 Å². The molecule has 1 aliphatic rings. The van der Waals surface area contributed by atoms with Crippen molar-refractivity contribution in [1.29, 1.82) is 0 Å². The van der Waals surface area contributed by atoms with Crippen molar-refractivity contribution in [2.45, 2.75) is 39.3 Å². The van der Waals surface area contributed by atoms with Crippen LogP contribution in [-0.4, -0.2) is 31.8 Å². The maximum absolute atomic E-state index is 5.50. The molecule has 0 amide bonds. The zero-order chi connectivity index (χ0) is 15.5. The van der Waals surface area contributed by atoms with Gasteiger partial charge in [-0.1, -0.05) is 13.8 Å². The molecule has 0 bridgehead atoms. The van der Waals surface area contributed by atoms with Crippen molar-refractivity contribution < 1.29 is 9.47 Å². The van der Waals surface area contributed by atoms with Crippen LogP contribution in [0.15, 0.2) is 18.2 Å². The van der Waals surface area contributed by atoms with E-state index >= 15 is 0 Å². The van der Waals surface area contributed by atoms with Crippen molar-refractivity contribution in [3.05, 3.63) is 23.8 Å². The third-order valence-corrected chi connectivity index (χ3v) is 5.62. The lowest BCUT2D eigenvalue weighted by Crippen LogP contribution is -2.41. The predicted molar refractivity (Wildman–Crippen MR) is 90.6 cm³/mol. The first kappa shape index (κ1) is 16.5. The SMILES string of the molecule is COc1ccc(OC)c(C(C)NC2CSCC(C)(C)C2)c1. The Balaban J connectivity index is 2.10. The number of nitrogens with one attached hydrogen (secondary N) is 1.